The van der Waals surface area contributed by atoms with Gasteiger partial charge in [0.15, 0.2) is 0 Å². The van der Waals surface area contributed by atoms with E-state index in [1.54, 1.807) is 6.08 Å². The Morgan fingerprint density at radius 3 is 2.77 bits per heavy atom. The predicted octanol–water partition coefficient (Wildman–Crippen LogP) is 2.41. The molecule has 6 heteroatoms. The van der Waals surface area contributed by atoms with E-state index < -0.39 is 0 Å². The predicted molar refractivity (Wildman–Crippen MR) is 101 cm³/mol. The number of ether oxygens (including phenoxy) is 2. The molecule has 0 bridgehead atoms. The van der Waals surface area contributed by atoms with Gasteiger partial charge >= 0.3 is 0 Å². The summed E-state index contributed by atoms with van der Waals surface area (Å²) >= 11 is 0. The van der Waals surface area contributed by atoms with E-state index in [1.165, 1.54) is 11.0 Å². The first-order valence-electron chi connectivity index (χ1n) is 9.18. The van der Waals surface area contributed by atoms with E-state index in [4.69, 9.17) is 9.47 Å². The van der Waals surface area contributed by atoms with Crippen LogP contribution < -0.4 is 14.8 Å². The summed E-state index contributed by atoms with van der Waals surface area (Å²) in [7, 11) is 0. The quantitative estimate of drug-likeness (QED) is 0.723. The first-order chi connectivity index (χ1) is 12.5. The fourth-order valence-electron chi connectivity index (χ4n) is 2.90. The van der Waals surface area contributed by atoms with Gasteiger partial charge in [0.25, 0.3) is 0 Å². The van der Waals surface area contributed by atoms with Crippen LogP contribution in [0.15, 0.2) is 18.2 Å². The summed E-state index contributed by atoms with van der Waals surface area (Å²) in [6, 6.07) is 3.90. The molecule has 1 aliphatic heterocycles. The zero-order chi connectivity index (χ0) is 19.1. The molecule has 2 rings (SSSR count). The van der Waals surface area contributed by atoms with Crippen molar-refractivity contribution in [3.8, 4) is 11.5 Å². The number of benzene rings is 1. The number of nitrogens with zero attached hydrogens (tertiary/aromatic N) is 1. The van der Waals surface area contributed by atoms with Crippen molar-refractivity contribution < 1.29 is 19.1 Å². The lowest BCUT2D eigenvalue weighted by molar-refractivity contribution is -0.132. The Morgan fingerprint density at radius 2 is 2.12 bits per heavy atom. The molecule has 0 fully saturated rings. The van der Waals surface area contributed by atoms with Crippen LogP contribution in [0.4, 0.5) is 0 Å². The number of carbonyl (C=O) groups is 2. The molecule has 1 N–H and O–H groups in total. The Bertz CT molecular complexity index is 685. The second-order valence-electron chi connectivity index (χ2n) is 6.20. The van der Waals surface area contributed by atoms with Crippen LogP contribution in [0.25, 0.3) is 6.08 Å². The summed E-state index contributed by atoms with van der Waals surface area (Å²) < 4.78 is 11.5. The molecular formula is C20H28N2O4. The van der Waals surface area contributed by atoms with Crippen LogP contribution in [0.3, 0.4) is 0 Å². The van der Waals surface area contributed by atoms with Gasteiger partial charge in [-0.2, -0.15) is 0 Å². The Balaban J connectivity index is 2.16. The van der Waals surface area contributed by atoms with Gasteiger partial charge < -0.3 is 19.7 Å². The van der Waals surface area contributed by atoms with Crippen molar-refractivity contribution in [1.82, 2.24) is 10.2 Å². The molecule has 1 aromatic carbocycles. The highest BCUT2D eigenvalue weighted by Gasteiger charge is 2.21. The van der Waals surface area contributed by atoms with E-state index in [1.807, 2.05) is 39.8 Å². The van der Waals surface area contributed by atoms with Crippen LogP contribution in [0.2, 0.25) is 0 Å². The average Bonchev–Trinajstić information content (AvgIpc) is 2.96. The Morgan fingerprint density at radius 1 is 1.35 bits per heavy atom. The number of nitrogens with one attached hydrogen (secondary N) is 1. The third-order valence-electron chi connectivity index (χ3n) is 4.14. The van der Waals surface area contributed by atoms with Crippen LogP contribution in [0.5, 0.6) is 11.5 Å². The highest BCUT2D eigenvalue weighted by molar-refractivity contribution is 5.94. The van der Waals surface area contributed by atoms with Gasteiger partial charge in [-0.05, 0) is 45.9 Å². The van der Waals surface area contributed by atoms with Crippen LogP contribution >= 0.6 is 0 Å². The molecule has 1 aromatic rings. The molecule has 0 radical (unpaired) electrons. The molecule has 6 nitrogen and oxygen atoms in total. The van der Waals surface area contributed by atoms with Crippen molar-refractivity contribution in [1.29, 1.82) is 0 Å². The van der Waals surface area contributed by atoms with E-state index in [-0.39, 0.29) is 24.5 Å². The Kier molecular flexibility index (Phi) is 7.06. The second kappa shape index (κ2) is 9.27. The number of hydrogen-bond donors (Lipinski definition) is 1. The molecule has 0 spiro atoms. The highest BCUT2D eigenvalue weighted by atomic mass is 16.5. The zero-order valence-electron chi connectivity index (χ0n) is 16.0. The molecule has 1 aliphatic rings. The number of rotatable bonds is 8. The van der Waals surface area contributed by atoms with E-state index in [0.717, 1.165) is 29.0 Å². The molecule has 0 aliphatic carbocycles. The molecule has 0 saturated carbocycles. The molecule has 0 aromatic heterocycles. The second-order valence-corrected chi connectivity index (χ2v) is 6.20. The van der Waals surface area contributed by atoms with Crippen molar-refractivity contribution in [2.24, 2.45) is 0 Å². The lowest BCUT2D eigenvalue weighted by Gasteiger charge is -2.18. The molecular weight excluding hydrogens is 332 g/mol. The largest absolute Gasteiger partial charge is 0.493 e. The van der Waals surface area contributed by atoms with E-state index in [0.29, 0.717) is 19.7 Å². The topological polar surface area (TPSA) is 67.9 Å². The van der Waals surface area contributed by atoms with Crippen molar-refractivity contribution >= 4 is 17.9 Å². The van der Waals surface area contributed by atoms with Gasteiger partial charge in [-0.1, -0.05) is 0 Å². The summed E-state index contributed by atoms with van der Waals surface area (Å²) in [5, 5.41) is 2.70. The number of amides is 2. The SMILES string of the molecule is CCNC(=O)CN(CC)C(=O)C=Cc1cc2c(cc1OCC)CC(C)O2. The van der Waals surface area contributed by atoms with Gasteiger partial charge in [0.05, 0.1) is 13.2 Å². The lowest BCUT2D eigenvalue weighted by Crippen LogP contribution is -2.39. The monoisotopic (exact) mass is 360 g/mol. The van der Waals surface area contributed by atoms with Gasteiger partial charge in [0.2, 0.25) is 11.8 Å². The first-order valence-corrected chi connectivity index (χ1v) is 9.18. The van der Waals surface area contributed by atoms with Crippen LogP contribution in [-0.2, 0) is 16.0 Å². The van der Waals surface area contributed by atoms with Gasteiger partial charge in [0.1, 0.15) is 17.6 Å². The number of carbonyl (C=O) groups excluding carboxylic acids is 2. The van der Waals surface area contributed by atoms with Crippen molar-refractivity contribution in [2.75, 3.05) is 26.2 Å². The summed E-state index contributed by atoms with van der Waals surface area (Å²) in [5.41, 5.74) is 1.91. The lowest BCUT2D eigenvalue weighted by atomic mass is 10.1. The minimum Gasteiger partial charge on any atom is -0.493 e. The molecule has 1 unspecified atom stereocenters. The smallest absolute Gasteiger partial charge is 0.247 e. The van der Waals surface area contributed by atoms with Crippen LogP contribution in [0.1, 0.15) is 38.8 Å². The molecule has 142 valence electrons. The maximum absolute atomic E-state index is 12.4. The van der Waals surface area contributed by atoms with Gasteiger partial charge in [-0.15, -0.1) is 0 Å². The maximum atomic E-state index is 12.4. The first kappa shape index (κ1) is 19.8. The fraction of sp³-hybridized carbons (Fsp3) is 0.500. The standard InChI is InChI=1S/C20H28N2O4/c1-5-21-19(23)13-22(6-2)20(24)9-8-15-11-18-16(10-14(4)26-18)12-17(15)25-7-3/h8-9,11-12,14H,5-7,10,13H2,1-4H3,(H,21,23). The molecule has 2 amide bonds. The third kappa shape index (κ3) is 5.00. The zero-order valence-corrected chi connectivity index (χ0v) is 16.0. The third-order valence-corrected chi connectivity index (χ3v) is 4.14. The fourth-order valence-corrected chi connectivity index (χ4v) is 2.90. The summed E-state index contributed by atoms with van der Waals surface area (Å²) in [5.74, 6) is 1.20. The van der Waals surface area contributed by atoms with Gasteiger partial charge in [0, 0.05) is 36.7 Å². The number of likely N-dealkylation sites (N-methyl/N-ethyl adjacent to an activating group) is 2. The van der Waals surface area contributed by atoms with Crippen LogP contribution in [0, 0.1) is 0 Å². The molecule has 1 heterocycles. The van der Waals surface area contributed by atoms with E-state index in [2.05, 4.69) is 5.32 Å². The van der Waals surface area contributed by atoms with Crippen molar-refractivity contribution in [2.45, 2.75) is 40.2 Å². The van der Waals surface area contributed by atoms with E-state index in [9.17, 15) is 9.59 Å². The minimum atomic E-state index is -0.212. The molecule has 26 heavy (non-hydrogen) atoms. The Hall–Kier alpha value is -2.50. The number of fused-ring (bicyclic) bond motifs is 1. The average molecular weight is 360 g/mol. The van der Waals surface area contributed by atoms with Crippen molar-refractivity contribution in [3.63, 3.8) is 0 Å². The van der Waals surface area contributed by atoms with E-state index >= 15 is 0 Å². The molecule has 1 atom stereocenters. The van der Waals surface area contributed by atoms with Crippen LogP contribution in [-0.4, -0.2) is 49.1 Å². The van der Waals surface area contributed by atoms with Gasteiger partial charge in [-0.25, -0.2) is 0 Å². The number of hydrogen-bond acceptors (Lipinski definition) is 4. The highest BCUT2D eigenvalue weighted by Crippen LogP contribution is 2.35. The summed E-state index contributed by atoms with van der Waals surface area (Å²) in [6.45, 7) is 9.26. The minimum absolute atomic E-state index is 0.0522. The molecule has 0 saturated heterocycles. The summed E-state index contributed by atoms with van der Waals surface area (Å²) in [4.78, 5) is 25.6. The van der Waals surface area contributed by atoms with Crippen molar-refractivity contribution in [3.05, 3.63) is 29.3 Å². The summed E-state index contributed by atoms with van der Waals surface area (Å²) in [6.07, 6.45) is 4.20. The Labute approximate surface area is 155 Å². The normalized spacial score (nSPS) is 15.5. The van der Waals surface area contributed by atoms with Gasteiger partial charge in [-0.3, -0.25) is 9.59 Å². The maximum Gasteiger partial charge on any atom is 0.247 e.